The van der Waals surface area contributed by atoms with E-state index in [1.54, 1.807) is 0 Å². The Morgan fingerprint density at radius 2 is 0.629 bits per heavy atom. The van der Waals surface area contributed by atoms with E-state index in [0.717, 1.165) is 57.8 Å². The predicted molar refractivity (Wildman–Crippen MR) is 265 cm³/mol. The van der Waals surface area contributed by atoms with E-state index >= 15 is 0 Å². The third-order valence-corrected chi connectivity index (χ3v) is 10.9. The maximum atomic E-state index is 12.8. The second kappa shape index (κ2) is 50.5. The smallest absolute Gasteiger partial charge is 0.306 e. The van der Waals surface area contributed by atoms with E-state index < -0.39 is 6.10 Å². The van der Waals surface area contributed by atoms with E-state index in [1.807, 2.05) is 6.08 Å². The Bertz CT molecular complexity index is 1180. The minimum Gasteiger partial charge on any atom is -0.462 e. The van der Waals surface area contributed by atoms with Gasteiger partial charge in [0.25, 0.3) is 0 Å². The van der Waals surface area contributed by atoms with Gasteiger partial charge in [0.1, 0.15) is 13.2 Å². The van der Waals surface area contributed by atoms with Crippen LogP contribution in [0.1, 0.15) is 245 Å². The van der Waals surface area contributed by atoms with Gasteiger partial charge in [-0.05, 0) is 77.0 Å². The average molecular weight is 865 g/mol. The van der Waals surface area contributed by atoms with Crippen molar-refractivity contribution >= 4 is 17.9 Å². The Morgan fingerprint density at radius 3 is 1.08 bits per heavy atom. The molecule has 62 heavy (non-hydrogen) atoms. The molecule has 0 aromatic heterocycles. The largest absolute Gasteiger partial charge is 0.462 e. The average Bonchev–Trinajstić information content (AvgIpc) is 3.27. The van der Waals surface area contributed by atoms with Crippen LogP contribution >= 0.6 is 0 Å². The topological polar surface area (TPSA) is 78.9 Å². The fourth-order valence-corrected chi connectivity index (χ4v) is 7.02. The number of hydrogen-bond acceptors (Lipinski definition) is 6. The van der Waals surface area contributed by atoms with Crippen LogP contribution in [0.15, 0.2) is 72.9 Å². The summed E-state index contributed by atoms with van der Waals surface area (Å²) >= 11 is 0. The number of allylic oxidation sites excluding steroid dienone is 12. The highest BCUT2D eigenvalue weighted by Crippen LogP contribution is 2.14. The maximum Gasteiger partial charge on any atom is 0.306 e. The molecule has 1 unspecified atom stereocenters. The molecule has 0 spiro atoms. The van der Waals surface area contributed by atoms with Crippen LogP contribution in [0, 0.1) is 0 Å². The maximum absolute atomic E-state index is 12.8. The van der Waals surface area contributed by atoms with E-state index in [4.69, 9.17) is 14.2 Å². The predicted octanol–water partition coefficient (Wildman–Crippen LogP) is 17.0. The second-order valence-electron chi connectivity index (χ2n) is 17.1. The molecule has 0 aliphatic heterocycles. The van der Waals surface area contributed by atoms with Gasteiger partial charge < -0.3 is 14.2 Å². The van der Waals surface area contributed by atoms with Crippen molar-refractivity contribution in [1.29, 1.82) is 0 Å². The molecule has 0 saturated heterocycles. The molecule has 0 radical (unpaired) electrons. The van der Waals surface area contributed by atoms with Gasteiger partial charge in [0, 0.05) is 19.3 Å². The number of carbonyl (C=O) groups is 3. The van der Waals surface area contributed by atoms with E-state index in [9.17, 15) is 14.4 Å². The van der Waals surface area contributed by atoms with E-state index in [2.05, 4.69) is 87.6 Å². The summed E-state index contributed by atoms with van der Waals surface area (Å²) in [6, 6.07) is 0. The molecule has 6 heteroatoms. The van der Waals surface area contributed by atoms with Gasteiger partial charge in [0.2, 0.25) is 0 Å². The van der Waals surface area contributed by atoms with Crippen molar-refractivity contribution in [1.82, 2.24) is 0 Å². The van der Waals surface area contributed by atoms with Crippen LogP contribution in [0.4, 0.5) is 0 Å². The van der Waals surface area contributed by atoms with Crippen molar-refractivity contribution in [2.75, 3.05) is 13.2 Å². The van der Waals surface area contributed by atoms with Crippen molar-refractivity contribution in [3.63, 3.8) is 0 Å². The van der Waals surface area contributed by atoms with Gasteiger partial charge in [0.15, 0.2) is 6.10 Å². The number of rotatable bonds is 46. The van der Waals surface area contributed by atoms with Crippen molar-refractivity contribution < 1.29 is 28.6 Å². The van der Waals surface area contributed by atoms with E-state index in [0.29, 0.717) is 19.3 Å². The van der Waals surface area contributed by atoms with Crippen LogP contribution in [0.3, 0.4) is 0 Å². The Hall–Kier alpha value is -3.15. The van der Waals surface area contributed by atoms with Crippen LogP contribution in [-0.2, 0) is 28.6 Å². The Kier molecular flexibility index (Phi) is 47.9. The summed E-state index contributed by atoms with van der Waals surface area (Å²) in [4.78, 5) is 37.9. The van der Waals surface area contributed by atoms with Gasteiger partial charge in [-0.1, -0.05) is 222 Å². The summed E-state index contributed by atoms with van der Waals surface area (Å²) < 4.78 is 16.7. The van der Waals surface area contributed by atoms with E-state index in [-0.39, 0.29) is 44.0 Å². The molecule has 0 aliphatic carbocycles. The molecular formula is C56H96O6. The second-order valence-corrected chi connectivity index (χ2v) is 17.1. The van der Waals surface area contributed by atoms with Crippen molar-refractivity contribution in [3.8, 4) is 0 Å². The standard InChI is InChI=1S/C56H96O6/c1-4-7-10-13-16-19-22-25-27-28-29-32-34-37-40-43-46-49-55(58)61-52-53(51-60-54(57)48-45-42-39-36-33-30-24-21-18-15-12-9-6-3)62-56(59)50-47-44-41-38-35-31-26-23-20-17-14-11-8-5-2/h16,19,25,27,29-30,32-33,37,39-40,42,53H,4-15,17-18,20-24,26,28,31,34-36,38,41,43-52H2,1-3H3/b19-16-,27-25-,32-29-,33-30-,40-37-,42-39-. The van der Waals surface area contributed by atoms with E-state index in [1.165, 1.54) is 135 Å². The highest BCUT2D eigenvalue weighted by molar-refractivity contribution is 5.71. The summed E-state index contributed by atoms with van der Waals surface area (Å²) in [6.45, 7) is 6.50. The Labute approximate surface area is 382 Å². The molecule has 6 nitrogen and oxygen atoms in total. The third-order valence-electron chi connectivity index (χ3n) is 10.9. The molecule has 0 aromatic rings. The van der Waals surface area contributed by atoms with Crippen molar-refractivity contribution in [2.24, 2.45) is 0 Å². The van der Waals surface area contributed by atoms with Crippen LogP contribution in [0.2, 0.25) is 0 Å². The lowest BCUT2D eigenvalue weighted by Crippen LogP contribution is -2.30. The van der Waals surface area contributed by atoms with Crippen LogP contribution in [0.25, 0.3) is 0 Å². The van der Waals surface area contributed by atoms with Crippen molar-refractivity contribution in [2.45, 2.75) is 252 Å². The summed E-state index contributed by atoms with van der Waals surface area (Å²) in [5.74, 6) is -1.04. The molecule has 0 aliphatic rings. The lowest BCUT2D eigenvalue weighted by Gasteiger charge is -2.18. The van der Waals surface area contributed by atoms with Gasteiger partial charge in [0.05, 0.1) is 0 Å². The Morgan fingerprint density at radius 1 is 0.323 bits per heavy atom. The molecular weight excluding hydrogens is 769 g/mol. The molecule has 0 aromatic carbocycles. The molecule has 356 valence electrons. The van der Waals surface area contributed by atoms with Gasteiger partial charge >= 0.3 is 17.9 Å². The number of unbranched alkanes of at least 4 members (excludes halogenated alkanes) is 23. The summed E-state index contributed by atoms with van der Waals surface area (Å²) in [5.41, 5.74) is 0. The van der Waals surface area contributed by atoms with Gasteiger partial charge in [-0.15, -0.1) is 0 Å². The zero-order valence-corrected chi connectivity index (χ0v) is 40.6. The number of ether oxygens (including phenoxy) is 3. The molecule has 0 heterocycles. The highest BCUT2D eigenvalue weighted by Gasteiger charge is 2.19. The van der Waals surface area contributed by atoms with Crippen LogP contribution in [-0.4, -0.2) is 37.2 Å². The minimum absolute atomic E-state index is 0.119. The summed E-state index contributed by atoms with van der Waals surface area (Å²) in [6.07, 6.45) is 63.3. The quantitative estimate of drug-likeness (QED) is 0.0262. The molecule has 0 fully saturated rings. The molecule has 0 bridgehead atoms. The van der Waals surface area contributed by atoms with Gasteiger partial charge in [-0.3, -0.25) is 14.4 Å². The number of esters is 3. The number of carbonyl (C=O) groups excluding carboxylic acids is 3. The van der Waals surface area contributed by atoms with Crippen LogP contribution < -0.4 is 0 Å². The molecule has 0 saturated carbocycles. The molecule has 0 amide bonds. The number of hydrogen-bond donors (Lipinski definition) is 0. The normalized spacial score (nSPS) is 12.6. The first-order valence-electron chi connectivity index (χ1n) is 25.9. The summed E-state index contributed by atoms with van der Waals surface area (Å²) in [5, 5.41) is 0. The van der Waals surface area contributed by atoms with Gasteiger partial charge in [-0.2, -0.15) is 0 Å². The monoisotopic (exact) mass is 865 g/mol. The zero-order valence-electron chi connectivity index (χ0n) is 40.6. The fourth-order valence-electron chi connectivity index (χ4n) is 7.02. The molecule has 0 N–H and O–H groups in total. The SMILES string of the molecule is CCCCC/C=C\C/C=C\C/C=C\C/C=C\CCCC(=O)OCC(COC(=O)CC/C=C\C/C=C\CCCCCCCC)OC(=O)CCCCCCCCCCCCCCCC. The lowest BCUT2D eigenvalue weighted by molar-refractivity contribution is -0.166. The Balaban J connectivity index is 4.52. The zero-order chi connectivity index (χ0) is 45.1. The first kappa shape index (κ1) is 58.9. The summed E-state index contributed by atoms with van der Waals surface area (Å²) in [7, 11) is 0. The molecule has 1 atom stereocenters. The highest BCUT2D eigenvalue weighted by atomic mass is 16.6. The van der Waals surface area contributed by atoms with Crippen LogP contribution in [0.5, 0.6) is 0 Å². The molecule has 0 rings (SSSR count). The fraction of sp³-hybridized carbons (Fsp3) is 0.732. The minimum atomic E-state index is -0.817. The van der Waals surface area contributed by atoms with Crippen molar-refractivity contribution in [3.05, 3.63) is 72.9 Å². The lowest BCUT2D eigenvalue weighted by atomic mass is 10.0. The first-order valence-corrected chi connectivity index (χ1v) is 25.9. The third kappa shape index (κ3) is 47.9. The van der Waals surface area contributed by atoms with Gasteiger partial charge in [-0.25, -0.2) is 0 Å². The first-order chi connectivity index (χ1) is 30.5.